The molecule has 0 radical (unpaired) electrons. The average Bonchev–Trinajstić information content (AvgIpc) is 3.38. The SMILES string of the molecule is Cc1cnc(Oc2cccc3nc(C(F)(F)F)nc(CCC4(F)CC4)c23)nc1. The Bertz CT molecular complexity index is 1020. The smallest absolute Gasteiger partial charge is 0.424 e. The molecule has 146 valence electrons. The van der Waals surface area contributed by atoms with Gasteiger partial charge in [0.05, 0.1) is 16.6 Å². The van der Waals surface area contributed by atoms with E-state index in [4.69, 9.17) is 4.74 Å². The maximum absolute atomic E-state index is 14.1. The van der Waals surface area contributed by atoms with E-state index in [0.717, 1.165) is 5.56 Å². The number of aryl methyl sites for hydroxylation is 2. The fourth-order valence-electron chi connectivity index (χ4n) is 2.88. The molecule has 1 aliphatic rings. The molecule has 9 heteroatoms. The standard InChI is InChI=1S/C19H16F4N4O/c1-11-9-24-17(25-10-11)28-14-4-2-3-12-15(14)13(5-6-18(20)7-8-18)27-16(26-12)19(21,22)23/h2-4,9-10H,5-8H2,1H3. The molecule has 0 saturated heterocycles. The molecule has 0 unspecified atom stereocenters. The number of ether oxygens (including phenoxy) is 1. The van der Waals surface area contributed by atoms with Crippen LogP contribution < -0.4 is 4.74 Å². The van der Waals surface area contributed by atoms with E-state index in [1.165, 1.54) is 12.1 Å². The molecule has 0 amide bonds. The molecule has 1 fully saturated rings. The van der Waals surface area contributed by atoms with Crippen LogP contribution in [-0.2, 0) is 12.6 Å². The number of benzene rings is 1. The van der Waals surface area contributed by atoms with Gasteiger partial charge in [0.1, 0.15) is 11.4 Å². The van der Waals surface area contributed by atoms with Gasteiger partial charge in [-0.05, 0) is 50.3 Å². The first-order chi connectivity index (χ1) is 13.2. The van der Waals surface area contributed by atoms with Crippen LogP contribution in [0.2, 0.25) is 0 Å². The van der Waals surface area contributed by atoms with Gasteiger partial charge in [-0.2, -0.15) is 13.2 Å². The topological polar surface area (TPSA) is 60.8 Å². The minimum atomic E-state index is -4.70. The highest BCUT2D eigenvalue weighted by Gasteiger charge is 2.43. The van der Waals surface area contributed by atoms with Gasteiger partial charge in [0.2, 0.25) is 5.82 Å². The second kappa shape index (κ2) is 6.65. The molecular weight excluding hydrogens is 376 g/mol. The van der Waals surface area contributed by atoms with Crippen molar-refractivity contribution in [2.24, 2.45) is 0 Å². The Kier molecular flexibility index (Phi) is 4.40. The minimum Gasteiger partial charge on any atom is -0.424 e. The Hall–Kier alpha value is -2.84. The van der Waals surface area contributed by atoms with E-state index in [0.29, 0.717) is 18.2 Å². The predicted molar refractivity (Wildman–Crippen MR) is 92.8 cm³/mol. The summed E-state index contributed by atoms with van der Waals surface area (Å²) in [5.41, 5.74) is -0.303. The summed E-state index contributed by atoms with van der Waals surface area (Å²) in [5, 5.41) is 0.309. The summed E-state index contributed by atoms with van der Waals surface area (Å²) in [6, 6.07) is 4.60. The largest absolute Gasteiger partial charge is 0.451 e. The van der Waals surface area contributed by atoms with Crippen LogP contribution in [0.3, 0.4) is 0 Å². The van der Waals surface area contributed by atoms with Gasteiger partial charge < -0.3 is 4.74 Å². The number of hydrogen-bond donors (Lipinski definition) is 0. The second-order valence-corrected chi connectivity index (χ2v) is 6.94. The lowest BCUT2D eigenvalue weighted by Crippen LogP contribution is -2.14. The summed E-state index contributed by atoms with van der Waals surface area (Å²) >= 11 is 0. The number of hydrogen-bond acceptors (Lipinski definition) is 5. The van der Waals surface area contributed by atoms with Gasteiger partial charge in [0.15, 0.2) is 0 Å². The summed E-state index contributed by atoms with van der Waals surface area (Å²) in [6.45, 7) is 1.82. The number of halogens is 4. The molecule has 2 aromatic heterocycles. The molecule has 0 aliphatic heterocycles. The highest BCUT2D eigenvalue weighted by molar-refractivity contribution is 5.87. The van der Waals surface area contributed by atoms with E-state index in [9.17, 15) is 17.6 Å². The average molecular weight is 392 g/mol. The predicted octanol–water partition coefficient (Wildman–Crippen LogP) is 4.97. The van der Waals surface area contributed by atoms with Crippen LogP contribution in [-0.4, -0.2) is 25.6 Å². The molecule has 3 aromatic rings. The Morgan fingerprint density at radius 3 is 2.46 bits per heavy atom. The number of fused-ring (bicyclic) bond motifs is 1. The third kappa shape index (κ3) is 3.88. The quantitative estimate of drug-likeness (QED) is 0.574. The van der Waals surface area contributed by atoms with Gasteiger partial charge >= 0.3 is 12.2 Å². The Labute approximate surface area is 157 Å². The first kappa shape index (κ1) is 18.5. The third-order valence-corrected chi connectivity index (χ3v) is 4.57. The van der Waals surface area contributed by atoms with E-state index in [1.807, 2.05) is 6.92 Å². The van der Waals surface area contributed by atoms with Crippen molar-refractivity contribution in [3.8, 4) is 11.8 Å². The molecular formula is C19H16F4N4O. The number of nitrogens with zero attached hydrogens (tertiary/aromatic N) is 4. The van der Waals surface area contributed by atoms with E-state index < -0.39 is 17.7 Å². The highest BCUT2D eigenvalue weighted by atomic mass is 19.4. The van der Waals surface area contributed by atoms with Crippen molar-refractivity contribution < 1.29 is 22.3 Å². The molecule has 0 atom stereocenters. The Morgan fingerprint density at radius 2 is 1.82 bits per heavy atom. The highest BCUT2D eigenvalue weighted by Crippen LogP contribution is 2.44. The molecule has 4 rings (SSSR count). The van der Waals surface area contributed by atoms with Gasteiger partial charge in [-0.25, -0.2) is 24.3 Å². The number of aromatic nitrogens is 4. The van der Waals surface area contributed by atoms with Crippen LogP contribution in [0.5, 0.6) is 11.8 Å². The van der Waals surface area contributed by atoms with Crippen molar-refractivity contribution in [3.05, 3.63) is 47.7 Å². The van der Waals surface area contributed by atoms with Crippen molar-refractivity contribution in [1.82, 2.24) is 19.9 Å². The van der Waals surface area contributed by atoms with Crippen LogP contribution in [0, 0.1) is 6.92 Å². The first-order valence-corrected chi connectivity index (χ1v) is 8.76. The number of alkyl halides is 4. The fraction of sp³-hybridized carbons (Fsp3) is 0.368. The lowest BCUT2D eigenvalue weighted by molar-refractivity contribution is -0.144. The minimum absolute atomic E-state index is 0.0492. The molecule has 0 bridgehead atoms. The first-order valence-electron chi connectivity index (χ1n) is 8.76. The summed E-state index contributed by atoms with van der Waals surface area (Å²) in [6.07, 6.45) is -0.586. The molecule has 5 nitrogen and oxygen atoms in total. The van der Waals surface area contributed by atoms with Crippen LogP contribution >= 0.6 is 0 Å². The zero-order valence-corrected chi connectivity index (χ0v) is 14.9. The van der Waals surface area contributed by atoms with Crippen molar-refractivity contribution in [2.45, 2.75) is 44.5 Å². The molecule has 0 N–H and O–H groups in total. The second-order valence-electron chi connectivity index (χ2n) is 6.94. The van der Waals surface area contributed by atoms with E-state index in [1.54, 1.807) is 18.5 Å². The van der Waals surface area contributed by atoms with Crippen molar-refractivity contribution in [2.75, 3.05) is 0 Å². The molecule has 1 saturated carbocycles. The summed E-state index contributed by atoms with van der Waals surface area (Å²) in [7, 11) is 0. The van der Waals surface area contributed by atoms with Gasteiger partial charge in [0.25, 0.3) is 0 Å². The zero-order chi connectivity index (χ0) is 19.9. The lowest BCUT2D eigenvalue weighted by Gasteiger charge is -2.14. The van der Waals surface area contributed by atoms with Crippen LogP contribution in [0.15, 0.2) is 30.6 Å². The van der Waals surface area contributed by atoms with Crippen molar-refractivity contribution in [1.29, 1.82) is 0 Å². The summed E-state index contributed by atoms with van der Waals surface area (Å²) in [5.74, 6) is -1.02. The summed E-state index contributed by atoms with van der Waals surface area (Å²) in [4.78, 5) is 15.4. The van der Waals surface area contributed by atoms with Crippen molar-refractivity contribution >= 4 is 10.9 Å². The molecule has 0 spiro atoms. The van der Waals surface area contributed by atoms with Crippen molar-refractivity contribution in [3.63, 3.8) is 0 Å². The number of rotatable bonds is 5. The fourth-order valence-corrected chi connectivity index (χ4v) is 2.88. The monoisotopic (exact) mass is 392 g/mol. The van der Waals surface area contributed by atoms with E-state index >= 15 is 0 Å². The van der Waals surface area contributed by atoms with E-state index in [-0.39, 0.29) is 35.8 Å². The Morgan fingerprint density at radius 1 is 1.11 bits per heavy atom. The maximum atomic E-state index is 14.1. The lowest BCUT2D eigenvalue weighted by atomic mass is 10.1. The summed E-state index contributed by atoms with van der Waals surface area (Å²) < 4.78 is 59.4. The van der Waals surface area contributed by atoms with Crippen LogP contribution in [0.4, 0.5) is 17.6 Å². The van der Waals surface area contributed by atoms with E-state index in [2.05, 4.69) is 19.9 Å². The molecule has 2 heterocycles. The van der Waals surface area contributed by atoms with Crippen LogP contribution in [0.25, 0.3) is 10.9 Å². The van der Waals surface area contributed by atoms with Gasteiger partial charge in [-0.15, -0.1) is 0 Å². The third-order valence-electron chi connectivity index (χ3n) is 4.57. The van der Waals surface area contributed by atoms with Gasteiger partial charge in [-0.3, -0.25) is 0 Å². The van der Waals surface area contributed by atoms with Gasteiger partial charge in [-0.1, -0.05) is 6.07 Å². The zero-order valence-electron chi connectivity index (χ0n) is 14.9. The molecule has 1 aromatic carbocycles. The molecule has 1 aliphatic carbocycles. The van der Waals surface area contributed by atoms with Gasteiger partial charge in [0, 0.05) is 12.4 Å². The Balaban J connectivity index is 1.79. The van der Waals surface area contributed by atoms with Crippen LogP contribution in [0.1, 0.15) is 36.3 Å². The maximum Gasteiger partial charge on any atom is 0.451 e. The normalized spacial score (nSPS) is 15.6. The molecule has 28 heavy (non-hydrogen) atoms.